The molecule has 3 rings (SSSR count). The molecule has 1 amide bonds. The van der Waals surface area contributed by atoms with Crippen molar-refractivity contribution in [1.29, 1.82) is 0 Å². The maximum Gasteiger partial charge on any atom is 0.483 e. The van der Waals surface area contributed by atoms with Gasteiger partial charge in [0.25, 0.3) is 0 Å². The molecule has 8 heteroatoms. The van der Waals surface area contributed by atoms with Crippen molar-refractivity contribution in [3.8, 4) is 5.75 Å². The number of ether oxygens (including phenoxy) is 1. The molecule has 0 aliphatic carbocycles. The second-order valence-corrected chi connectivity index (χ2v) is 5.66. The number of halogens is 4. The molecule has 0 saturated carbocycles. The molecule has 1 aliphatic rings. The standard InChI is InChI=1S/C17H13F4NO3/c1-9(23)13-3-2-4-14-15(13)25-17(20,21)16(24)22(14)8-10-5-11(18)7-12(19)6-10/h2-7,9,23H,8H2,1H3. The number of para-hydroxylation sites is 1. The fraction of sp³-hybridized carbons (Fsp3) is 0.235. The third-order valence-corrected chi connectivity index (χ3v) is 3.75. The van der Waals surface area contributed by atoms with Crippen LogP contribution in [-0.2, 0) is 11.3 Å². The van der Waals surface area contributed by atoms with Gasteiger partial charge in [0.15, 0.2) is 5.75 Å². The van der Waals surface area contributed by atoms with Crippen LogP contribution in [0.3, 0.4) is 0 Å². The van der Waals surface area contributed by atoms with E-state index in [0.29, 0.717) is 11.0 Å². The molecule has 0 bridgehead atoms. The second-order valence-electron chi connectivity index (χ2n) is 5.66. The number of carbonyl (C=O) groups is 1. The summed E-state index contributed by atoms with van der Waals surface area (Å²) < 4.78 is 59.2. The second kappa shape index (κ2) is 6.03. The molecule has 1 N–H and O–H groups in total. The number of carbonyl (C=O) groups excluding carboxylic acids is 1. The van der Waals surface area contributed by atoms with Gasteiger partial charge < -0.3 is 9.84 Å². The number of fused-ring (bicyclic) bond motifs is 1. The Morgan fingerprint density at radius 3 is 2.44 bits per heavy atom. The minimum Gasteiger partial charge on any atom is -0.423 e. The van der Waals surface area contributed by atoms with E-state index in [-0.39, 0.29) is 22.6 Å². The van der Waals surface area contributed by atoms with Gasteiger partial charge >= 0.3 is 12.0 Å². The molecule has 1 atom stereocenters. The van der Waals surface area contributed by atoms with Gasteiger partial charge in [0.05, 0.1) is 18.3 Å². The number of nitrogens with zero attached hydrogens (tertiary/aromatic N) is 1. The Labute approximate surface area is 140 Å². The van der Waals surface area contributed by atoms with Gasteiger partial charge in [-0.15, -0.1) is 0 Å². The number of anilines is 1. The molecule has 2 aromatic carbocycles. The van der Waals surface area contributed by atoms with Gasteiger partial charge in [0.1, 0.15) is 11.6 Å². The molecule has 1 heterocycles. The summed E-state index contributed by atoms with van der Waals surface area (Å²) in [6.07, 6.45) is -5.28. The number of aliphatic hydroxyl groups is 1. The number of hydrogen-bond acceptors (Lipinski definition) is 3. The van der Waals surface area contributed by atoms with Crippen LogP contribution in [0.1, 0.15) is 24.2 Å². The van der Waals surface area contributed by atoms with E-state index in [4.69, 9.17) is 0 Å². The maximum atomic E-state index is 14.0. The first-order chi connectivity index (χ1) is 11.7. The summed E-state index contributed by atoms with van der Waals surface area (Å²) in [6.45, 7) is 0.878. The summed E-state index contributed by atoms with van der Waals surface area (Å²) in [5, 5.41) is 9.74. The van der Waals surface area contributed by atoms with Crippen LogP contribution in [0.2, 0.25) is 0 Å². The molecule has 0 radical (unpaired) electrons. The van der Waals surface area contributed by atoms with E-state index in [2.05, 4.69) is 4.74 Å². The Kier molecular flexibility index (Phi) is 4.16. The van der Waals surface area contributed by atoms with Crippen molar-refractivity contribution in [3.05, 3.63) is 59.2 Å². The molecular weight excluding hydrogens is 342 g/mol. The summed E-state index contributed by atoms with van der Waals surface area (Å²) in [4.78, 5) is 12.7. The van der Waals surface area contributed by atoms with Gasteiger partial charge in [0, 0.05) is 11.6 Å². The zero-order valence-corrected chi connectivity index (χ0v) is 13.0. The summed E-state index contributed by atoms with van der Waals surface area (Å²) in [5.74, 6) is -3.78. The van der Waals surface area contributed by atoms with Crippen LogP contribution in [0.15, 0.2) is 36.4 Å². The average Bonchev–Trinajstić information content (AvgIpc) is 2.50. The lowest BCUT2D eigenvalue weighted by molar-refractivity contribution is -0.193. The zero-order chi connectivity index (χ0) is 18.4. The number of amides is 1. The van der Waals surface area contributed by atoms with E-state index in [1.165, 1.54) is 25.1 Å². The minimum absolute atomic E-state index is 0.00282. The summed E-state index contributed by atoms with van der Waals surface area (Å²) in [5.41, 5.74) is 0.0519. The Balaban J connectivity index is 2.10. The number of aliphatic hydroxyl groups excluding tert-OH is 1. The predicted octanol–water partition coefficient (Wildman–Crippen LogP) is 3.54. The van der Waals surface area contributed by atoms with Crippen LogP contribution >= 0.6 is 0 Å². The van der Waals surface area contributed by atoms with E-state index in [0.717, 1.165) is 12.1 Å². The number of hydrogen-bond donors (Lipinski definition) is 1. The maximum absolute atomic E-state index is 14.0. The van der Waals surface area contributed by atoms with Gasteiger partial charge in [-0.1, -0.05) is 12.1 Å². The molecule has 2 aromatic rings. The molecule has 0 fully saturated rings. The van der Waals surface area contributed by atoms with Gasteiger partial charge in [-0.25, -0.2) is 8.78 Å². The molecule has 4 nitrogen and oxygen atoms in total. The van der Waals surface area contributed by atoms with Gasteiger partial charge in [0.2, 0.25) is 0 Å². The van der Waals surface area contributed by atoms with Crippen LogP contribution in [0.5, 0.6) is 5.75 Å². The first-order valence-electron chi connectivity index (χ1n) is 7.34. The molecule has 0 saturated heterocycles. The van der Waals surface area contributed by atoms with Crippen molar-refractivity contribution in [2.24, 2.45) is 0 Å². The Morgan fingerprint density at radius 1 is 1.20 bits per heavy atom. The Morgan fingerprint density at radius 2 is 1.84 bits per heavy atom. The third kappa shape index (κ3) is 3.17. The Bertz CT molecular complexity index is 818. The molecule has 1 unspecified atom stereocenters. The average molecular weight is 355 g/mol. The first kappa shape index (κ1) is 17.2. The van der Waals surface area contributed by atoms with E-state index in [9.17, 15) is 27.5 Å². The predicted molar refractivity (Wildman–Crippen MR) is 80.2 cm³/mol. The highest BCUT2D eigenvalue weighted by atomic mass is 19.3. The molecule has 132 valence electrons. The number of rotatable bonds is 3. The van der Waals surface area contributed by atoms with Gasteiger partial charge in [-0.05, 0) is 30.7 Å². The number of benzene rings is 2. The highest BCUT2D eigenvalue weighted by molar-refractivity contribution is 6.01. The monoisotopic (exact) mass is 355 g/mol. The van der Waals surface area contributed by atoms with Crippen molar-refractivity contribution < 1.29 is 32.2 Å². The summed E-state index contributed by atoms with van der Waals surface area (Å²) >= 11 is 0. The van der Waals surface area contributed by atoms with Crippen LogP contribution in [0.4, 0.5) is 23.2 Å². The summed E-state index contributed by atoms with van der Waals surface area (Å²) in [6, 6.07) is 6.72. The van der Waals surface area contributed by atoms with Crippen molar-refractivity contribution in [2.45, 2.75) is 25.7 Å². The first-order valence-corrected chi connectivity index (χ1v) is 7.34. The molecule has 1 aliphatic heterocycles. The highest BCUT2D eigenvalue weighted by Gasteiger charge is 2.51. The van der Waals surface area contributed by atoms with Crippen LogP contribution in [0, 0.1) is 11.6 Å². The normalized spacial score (nSPS) is 17.0. The van der Waals surface area contributed by atoms with Crippen molar-refractivity contribution in [2.75, 3.05) is 4.90 Å². The lowest BCUT2D eigenvalue weighted by Crippen LogP contribution is -2.50. The van der Waals surface area contributed by atoms with E-state index in [1.807, 2.05) is 0 Å². The van der Waals surface area contributed by atoms with Crippen LogP contribution in [-0.4, -0.2) is 17.1 Å². The smallest absolute Gasteiger partial charge is 0.423 e. The minimum atomic E-state index is -4.16. The van der Waals surface area contributed by atoms with Crippen molar-refractivity contribution in [3.63, 3.8) is 0 Å². The summed E-state index contributed by atoms with van der Waals surface area (Å²) in [7, 11) is 0. The lowest BCUT2D eigenvalue weighted by Gasteiger charge is -2.35. The Hall–Kier alpha value is -2.61. The van der Waals surface area contributed by atoms with Crippen molar-refractivity contribution in [1.82, 2.24) is 0 Å². The lowest BCUT2D eigenvalue weighted by atomic mass is 10.1. The van der Waals surface area contributed by atoms with E-state index in [1.54, 1.807) is 0 Å². The van der Waals surface area contributed by atoms with E-state index < -0.39 is 36.3 Å². The topological polar surface area (TPSA) is 49.8 Å². The van der Waals surface area contributed by atoms with Gasteiger partial charge in [-0.2, -0.15) is 8.78 Å². The fourth-order valence-electron chi connectivity index (χ4n) is 2.68. The SMILES string of the molecule is CC(O)c1cccc2c1OC(F)(F)C(=O)N2Cc1cc(F)cc(F)c1. The van der Waals surface area contributed by atoms with Crippen molar-refractivity contribution >= 4 is 11.6 Å². The molecule has 25 heavy (non-hydrogen) atoms. The van der Waals surface area contributed by atoms with Crippen LogP contribution in [0.25, 0.3) is 0 Å². The van der Waals surface area contributed by atoms with Crippen LogP contribution < -0.4 is 9.64 Å². The third-order valence-electron chi connectivity index (χ3n) is 3.75. The number of alkyl halides is 2. The highest BCUT2D eigenvalue weighted by Crippen LogP contribution is 2.44. The molecular formula is C17H13F4NO3. The largest absolute Gasteiger partial charge is 0.483 e. The van der Waals surface area contributed by atoms with Gasteiger partial charge in [-0.3, -0.25) is 9.69 Å². The molecule has 0 aromatic heterocycles. The molecule has 0 spiro atoms. The zero-order valence-electron chi connectivity index (χ0n) is 13.0. The fourth-order valence-corrected chi connectivity index (χ4v) is 2.68. The quantitative estimate of drug-likeness (QED) is 0.857. The van der Waals surface area contributed by atoms with E-state index >= 15 is 0 Å².